The molecule has 0 saturated heterocycles. The van der Waals surface area contributed by atoms with Crippen LogP contribution in [0, 0.1) is 13.8 Å². The largest absolute Gasteiger partial charge is 0.318 e. The van der Waals surface area contributed by atoms with Crippen LogP contribution in [0.3, 0.4) is 0 Å². The van der Waals surface area contributed by atoms with Gasteiger partial charge in [-0.25, -0.2) is 13.6 Å². The van der Waals surface area contributed by atoms with E-state index in [4.69, 9.17) is 5.14 Å². The van der Waals surface area contributed by atoms with Crippen molar-refractivity contribution in [2.24, 2.45) is 5.14 Å². The van der Waals surface area contributed by atoms with Crippen molar-refractivity contribution in [2.45, 2.75) is 18.7 Å². The SMILES string of the molecule is Cc1ccc(NC(=O)C(=O)Nc2ccc(S(N)(=O)=O)cc2)cc1C. The molecule has 2 rings (SSSR count). The summed E-state index contributed by atoms with van der Waals surface area (Å²) < 4.78 is 22.3. The molecule has 0 aliphatic heterocycles. The second-order valence-corrected chi connectivity index (χ2v) is 6.84. The Balaban J connectivity index is 2.03. The van der Waals surface area contributed by atoms with Crippen LogP contribution in [-0.2, 0) is 19.6 Å². The van der Waals surface area contributed by atoms with Gasteiger partial charge in [-0.2, -0.15) is 0 Å². The van der Waals surface area contributed by atoms with Crippen molar-refractivity contribution < 1.29 is 18.0 Å². The summed E-state index contributed by atoms with van der Waals surface area (Å²) in [5.74, 6) is -1.69. The van der Waals surface area contributed by atoms with Crippen LogP contribution in [0.5, 0.6) is 0 Å². The van der Waals surface area contributed by atoms with E-state index in [0.29, 0.717) is 5.69 Å². The first-order valence-electron chi connectivity index (χ1n) is 6.99. The highest BCUT2D eigenvalue weighted by atomic mass is 32.2. The van der Waals surface area contributed by atoms with Crippen LogP contribution in [0.15, 0.2) is 47.4 Å². The third-order valence-corrected chi connectivity index (χ3v) is 4.34. The van der Waals surface area contributed by atoms with Gasteiger partial charge >= 0.3 is 11.8 Å². The second-order valence-electron chi connectivity index (χ2n) is 5.28. The predicted molar refractivity (Wildman–Crippen MR) is 91.0 cm³/mol. The number of amides is 2. The molecule has 0 aliphatic rings. The summed E-state index contributed by atoms with van der Waals surface area (Å²) in [6.07, 6.45) is 0. The van der Waals surface area contributed by atoms with Gasteiger partial charge in [0.25, 0.3) is 0 Å². The maximum absolute atomic E-state index is 11.9. The molecule has 2 amide bonds. The number of carbonyl (C=O) groups excluding carboxylic acids is 2. The van der Waals surface area contributed by atoms with Gasteiger partial charge in [-0.15, -0.1) is 0 Å². The van der Waals surface area contributed by atoms with Crippen LogP contribution in [0.4, 0.5) is 11.4 Å². The number of aryl methyl sites for hydroxylation is 2. The summed E-state index contributed by atoms with van der Waals surface area (Å²) in [5, 5.41) is 9.86. The highest BCUT2D eigenvalue weighted by Crippen LogP contribution is 2.15. The van der Waals surface area contributed by atoms with E-state index in [1.54, 1.807) is 12.1 Å². The molecule has 0 aliphatic carbocycles. The van der Waals surface area contributed by atoms with E-state index in [1.165, 1.54) is 24.3 Å². The zero-order valence-electron chi connectivity index (χ0n) is 13.2. The van der Waals surface area contributed by atoms with Gasteiger partial charge in [-0.1, -0.05) is 6.07 Å². The molecule has 0 saturated carbocycles. The van der Waals surface area contributed by atoms with Gasteiger partial charge in [-0.05, 0) is 61.4 Å². The highest BCUT2D eigenvalue weighted by Gasteiger charge is 2.15. The number of nitrogens with two attached hydrogens (primary N) is 1. The number of nitrogens with one attached hydrogen (secondary N) is 2. The average Bonchev–Trinajstić information content (AvgIpc) is 2.50. The molecule has 2 aromatic carbocycles. The molecular formula is C16H17N3O4S. The Bertz CT molecular complexity index is 890. The second kappa shape index (κ2) is 6.81. The highest BCUT2D eigenvalue weighted by molar-refractivity contribution is 7.89. The molecule has 0 heterocycles. The lowest BCUT2D eigenvalue weighted by atomic mass is 10.1. The van der Waals surface area contributed by atoms with Crippen molar-refractivity contribution in [1.29, 1.82) is 0 Å². The number of anilines is 2. The van der Waals surface area contributed by atoms with Crippen LogP contribution >= 0.6 is 0 Å². The van der Waals surface area contributed by atoms with E-state index in [9.17, 15) is 18.0 Å². The number of hydrogen-bond acceptors (Lipinski definition) is 4. The minimum atomic E-state index is -3.80. The van der Waals surface area contributed by atoms with E-state index >= 15 is 0 Å². The van der Waals surface area contributed by atoms with Crippen molar-refractivity contribution in [3.8, 4) is 0 Å². The molecule has 24 heavy (non-hydrogen) atoms. The first-order valence-corrected chi connectivity index (χ1v) is 8.54. The van der Waals surface area contributed by atoms with Gasteiger partial charge in [-0.3, -0.25) is 9.59 Å². The summed E-state index contributed by atoms with van der Waals surface area (Å²) in [5.41, 5.74) is 2.87. The third kappa shape index (κ3) is 4.40. The van der Waals surface area contributed by atoms with E-state index in [-0.39, 0.29) is 10.6 Å². The van der Waals surface area contributed by atoms with Gasteiger partial charge in [0, 0.05) is 11.4 Å². The normalized spacial score (nSPS) is 11.0. The van der Waals surface area contributed by atoms with Crippen molar-refractivity contribution in [3.63, 3.8) is 0 Å². The Morgan fingerprint density at radius 3 is 1.83 bits per heavy atom. The molecule has 7 nitrogen and oxygen atoms in total. The van der Waals surface area contributed by atoms with Crippen molar-refractivity contribution >= 4 is 33.2 Å². The fraction of sp³-hybridized carbons (Fsp3) is 0.125. The molecule has 4 N–H and O–H groups in total. The van der Waals surface area contributed by atoms with Crippen molar-refractivity contribution in [2.75, 3.05) is 10.6 Å². The Kier molecular flexibility index (Phi) is 5.01. The van der Waals surface area contributed by atoms with E-state index in [2.05, 4.69) is 10.6 Å². The molecule has 0 spiro atoms. The lowest BCUT2D eigenvalue weighted by Crippen LogP contribution is -2.29. The minimum Gasteiger partial charge on any atom is -0.318 e. The number of rotatable bonds is 3. The molecule has 126 valence electrons. The fourth-order valence-corrected chi connectivity index (χ4v) is 2.44. The number of carbonyl (C=O) groups is 2. The lowest BCUT2D eigenvalue weighted by Gasteiger charge is -2.08. The van der Waals surface area contributed by atoms with Crippen LogP contribution in [0.1, 0.15) is 11.1 Å². The summed E-state index contributed by atoms with van der Waals surface area (Å²) in [7, 11) is -3.80. The minimum absolute atomic E-state index is 0.0833. The zero-order valence-corrected chi connectivity index (χ0v) is 14.0. The summed E-state index contributed by atoms with van der Waals surface area (Å²) in [4.78, 5) is 23.7. The maximum Gasteiger partial charge on any atom is 0.314 e. The van der Waals surface area contributed by atoms with Crippen molar-refractivity contribution in [3.05, 3.63) is 53.6 Å². The monoisotopic (exact) mass is 347 g/mol. The first-order chi connectivity index (χ1) is 11.2. The van der Waals surface area contributed by atoms with Gasteiger partial charge in [0.15, 0.2) is 0 Å². The van der Waals surface area contributed by atoms with Gasteiger partial charge in [0.2, 0.25) is 10.0 Å². The smallest absolute Gasteiger partial charge is 0.314 e. The van der Waals surface area contributed by atoms with Crippen LogP contribution < -0.4 is 15.8 Å². The zero-order chi connectivity index (χ0) is 17.9. The first kappa shape index (κ1) is 17.6. The lowest BCUT2D eigenvalue weighted by molar-refractivity contribution is -0.132. The summed E-state index contributed by atoms with van der Waals surface area (Å²) in [6.45, 7) is 3.84. The third-order valence-electron chi connectivity index (χ3n) is 3.41. The van der Waals surface area contributed by atoms with Crippen LogP contribution in [0.25, 0.3) is 0 Å². The molecule has 0 fully saturated rings. The molecule has 8 heteroatoms. The molecule has 0 atom stereocenters. The Hall–Kier alpha value is -2.71. The van der Waals surface area contributed by atoms with Crippen LogP contribution in [-0.4, -0.2) is 20.2 Å². The molecule has 0 unspecified atom stereocenters. The van der Waals surface area contributed by atoms with E-state index in [0.717, 1.165) is 11.1 Å². The van der Waals surface area contributed by atoms with Crippen molar-refractivity contribution in [1.82, 2.24) is 0 Å². The Morgan fingerprint density at radius 1 is 0.833 bits per heavy atom. The molecular weight excluding hydrogens is 330 g/mol. The van der Waals surface area contributed by atoms with Gasteiger partial charge in [0.1, 0.15) is 0 Å². The number of primary sulfonamides is 1. The fourth-order valence-electron chi connectivity index (χ4n) is 1.92. The standard InChI is InChI=1S/C16H17N3O4S/c1-10-3-4-13(9-11(10)2)19-16(21)15(20)18-12-5-7-14(8-6-12)24(17,22)23/h3-9H,1-2H3,(H,18,20)(H,19,21)(H2,17,22,23). The molecule has 0 radical (unpaired) electrons. The number of hydrogen-bond donors (Lipinski definition) is 3. The maximum atomic E-state index is 11.9. The number of benzene rings is 2. The van der Waals surface area contributed by atoms with Gasteiger partial charge < -0.3 is 10.6 Å². The molecule has 0 aromatic heterocycles. The van der Waals surface area contributed by atoms with Crippen LogP contribution in [0.2, 0.25) is 0 Å². The molecule has 0 bridgehead atoms. The van der Waals surface area contributed by atoms with E-state index in [1.807, 2.05) is 19.9 Å². The van der Waals surface area contributed by atoms with E-state index < -0.39 is 21.8 Å². The summed E-state index contributed by atoms with van der Waals surface area (Å²) in [6, 6.07) is 10.5. The predicted octanol–water partition coefficient (Wildman–Crippen LogP) is 1.53. The number of sulfonamides is 1. The average molecular weight is 347 g/mol. The Morgan fingerprint density at radius 2 is 1.33 bits per heavy atom. The topological polar surface area (TPSA) is 118 Å². The van der Waals surface area contributed by atoms with Gasteiger partial charge in [0.05, 0.1) is 4.90 Å². The molecule has 2 aromatic rings. The quantitative estimate of drug-likeness (QED) is 0.730. The summed E-state index contributed by atoms with van der Waals surface area (Å²) >= 11 is 0. The Labute approximate surface area is 139 Å².